The van der Waals surface area contributed by atoms with Crippen molar-refractivity contribution in [2.75, 3.05) is 0 Å². The molecule has 0 spiro atoms. The maximum absolute atomic E-state index is 13.9. The molecule has 1 atom stereocenters. The highest BCUT2D eigenvalue weighted by molar-refractivity contribution is 9.10. The molecule has 18 heavy (non-hydrogen) atoms. The normalized spacial score (nSPS) is 12.5. The molecule has 3 heteroatoms. The van der Waals surface area contributed by atoms with Crippen LogP contribution in [0.15, 0.2) is 40.9 Å². The summed E-state index contributed by atoms with van der Waals surface area (Å²) in [6.45, 7) is 3.98. The van der Waals surface area contributed by atoms with Gasteiger partial charge in [0.1, 0.15) is 11.9 Å². The Kier molecular flexibility index (Phi) is 3.83. The minimum Gasteiger partial charge on any atom is -0.384 e. The number of hydrogen-bond donors (Lipinski definition) is 1. The van der Waals surface area contributed by atoms with Crippen LogP contribution < -0.4 is 0 Å². The molecule has 2 aromatic carbocycles. The van der Waals surface area contributed by atoms with Gasteiger partial charge in [0.05, 0.1) is 4.47 Å². The number of hydrogen-bond acceptors (Lipinski definition) is 1. The summed E-state index contributed by atoms with van der Waals surface area (Å²) in [5.74, 6) is -0.414. The van der Waals surface area contributed by atoms with E-state index in [2.05, 4.69) is 15.9 Å². The van der Waals surface area contributed by atoms with E-state index in [0.717, 1.165) is 11.1 Å². The molecule has 0 aliphatic heterocycles. The summed E-state index contributed by atoms with van der Waals surface area (Å²) in [5, 5.41) is 10.3. The molecular weight excluding hydrogens is 295 g/mol. The van der Waals surface area contributed by atoms with Crippen molar-refractivity contribution in [1.82, 2.24) is 0 Å². The van der Waals surface area contributed by atoms with Gasteiger partial charge in [-0.25, -0.2) is 4.39 Å². The molecule has 0 aliphatic carbocycles. The second-order valence-corrected chi connectivity index (χ2v) is 5.24. The van der Waals surface area contributed by atoms with E-state index in [0.29, 0.717) is 10.0 Å². The number of aliphatic hydroxyl groups excluding tert-OH is 1. The number of halogens is 2. The molecule has 1 unspecified atom stereocenters. The maximum atomic E-state index is 13.9. The van der Waals surface area contributed by atoms with Crippen LogP contribution in [0.2, 0.25) is 0 Å². The molecular formula is C15H14BrFO. The van der Waals surface area contributed by atoms with Crippen LogP contribution in [0.4, 0.5) is 4.39 Å². The average Bonchev–Trinajstić information content (AvgIpc) is 2.35. The van der Waals surface area contributed by atoms with Gasteiger partial charge in [0.25, 0.3) is 0 Å². The lowest BCUT2D eigenvalue weighted by Gasteiger charge is -2.14. The fourth-order valence-electron chi connectivity index (χ4n) is 1.85. The average molecular weight is 309 g/mol. The van der Waals surface area contributed by atoms with Gasteiger partial charge < -0.3 is 5.11 Å². The molecule has 2 aromatic rings. The van der Waals surface area contributed by atoms with Crippen molar-refractivity contribution in [2.45, 2.75) is 20.0 Å². The molecule has 0 heterocycles. The summed E-state index contributed by atoms with van der Waals surface area (Å²) in [4.78, 5) is 0. The Morgan fingerprint density at radius 1 is 1.11 bits per heavy atom. The van der Waals surface area contributed by atoms with Crippen molar-refractivity contribution < 1.29 is 9.50 Å². The summed E-state index contributed by atoms with van der Waals surface area (Å²) in [5.41, 5.74) is 3.23. The highest BCUT2D eigenvalue weighted by Gasteiger charge is 2.16. The SMILES string of the molecule is Cc1ccc(C(O)c2cccc(Br)c2F)cc1C. The van der Waals surface area contributed by atoms with Gasteiger partial charge in [0, 0.05) is 5.56 Å². The highest BCUT2D eigenvalue weighted by Crippen LogP contribution is 2.29. The monoisotopic (exact) mass is 308 g/mol. The Bertz CT molecular complexity index is 581. The number of aryl methyl sites for hydroxylation is 2. The summed E-state index contributed by atoms with van der Waals surface area (Å²) in [6, 6.07) is 10.6. The molecule has 0 radical (unpaired) electrons. The van der Waals surface area contributed by atoms with Crippen LogP contribution in [0, 0.1) is 19.7 Å². The van der Waals surface area contributed by atoms with Gasteiger partial charge in [0.2, 0.25) is 0 Å². The van der Waals surface area contributed by atoms with Gasteiger partial charge in [-0.1, -0.05) is 30.3 Å². The first-order valence-corrected chi connectivity index (χ1v) is 6.49. The van der Waals surface area contributed by atoms with Crippen molar-refractivity contribution >= 4 is 15.9 Å². The fraction of sp³-hybridized carbons (Fsp3) is 0.200. The second-order valence-electron chi connectivity index (χ2n) is 4.39. The Labute approximate surface area is 114 Å². The van der Waals surface area contributed by atoms with E-state index in [4.69, 9.17) is 0 Å². The Morgan fingerprint density at radius 3 is 2.50 bits per heavy atom. The van der Waals surface area contributed by atoms with Gasteiger partial charge in [-0.2, -0.15) is 0 Å². The van der Waals surface area contributed by atoms with Gasteiger partial charge in [-0.05, 0) is 52.5 Å². The molecule has 0 saturated carbocycles. The third kappa shape index (κ3) is 2.47. The van der Waals surface area contributed by atoms with Gasteiger partial charge >= 0.3 is 0 Å². The van der Waals surface area contributed by atoms with E-state index in [1.165, 1.54) is 0 Å². The lowest BCUT2D eigenvalue weighted by molar-refractivity contribution is 0.214. The predicted octanol–water partition coefficient (Wildman–Crippen LogP) is 4.29. The van der Waals surface area contributed by atoms with E-state index < -0.39 is 11.9 Å². The predicted molar refractivity (Wildman–Crippen MR) is 74.1 cm³/mol. The topological polar surface area (TPSA) is 20.2 Å². The quantitative estimate of drug-likeness (QED) is 0.877. The second kappa shape index (κ2) is 5.21. The Balaban J connectivity index is 2.44. The number of rotatable bonds is 2. The van der Waals surface area contributed by atoms with Gasteiger partial charge in [0.15, 0.2) is 0 Å². The number of aliphatic hydroxyl groups is 1. The lowest BCUT2D eigenvalue weighted by Crippen LogP contribution is -2.03. The summed E-state index contributed by atoms with van der Waals surface area (Å²) < 4.78 is 14.3. The zero-order valence-electron chi connectivity index (χ0n) is 10.2. The Hall–Kier alpha value is -1.19. The Morgan fingerprint density at radius 2 is 1.83 bits per heavy atom. The zero-order chi connectivity index (χ0) is 13.3. The smallest absolute Gasteiger partial charge is 0.143 e. The van der Waals surface area contributed by atoms with Crippen LogP contribution in [0.1, 0.15) is 28.4 Å². The van der Waals surface area contributed by atoms with Crippen molar-refractivity contribution in [3.8, 4) is 0 Å². The molecule has 0 amide bonds. The third-order valence-corrected chi connectivity index (χ3v) is 3.74. The maximum Gasteiger partial charge on any atom is 0.143 e. The first-order valence-electron chi connectivity index (χ1n) is 5.70. The van der Waals surface area contributed by atoms with E-state index in [1.807, 2.05) is 32.0 Å². The zero-order valence-corrected chi connectivity index (χ0v) is 11.8. The third-order valence-electron chi connectivity index (χ3n) is 3.12. The van der Waals surface area contributed by atoms with Crippen LogP contribution in [-0.2, 0) is 0 Å². The largest absolute Gasteiger partial charge is 0.384 e. The standard InChI is InChI=1S/C15H14BrFO/c1-9-6-7-11(8-10(9)2)15(18)12-4-3-5-13(16)14(12)17/h3-8,15,18H,1-2H3. The van der Waals surface area contributed by atoms with E-state index in [-0.39, 0.29) is 5.56 Å². The molecule has 2 rings (SSSR count). The van der Waals surface area contributed by atoms with Crippen molar-refractivity contribution in [2.24, 2.45) is 0 Å². The van der Waals surface area contributed by atoms with Crippen molar-refractivity contribution in [1.29, 1.82) is 0 Å². The summed E-state index contributed by atoms with van der Waals surface area (Å²) in [6.07, 6.45) is -0.943. The minimum absolute atomic E-state index is 0.285. The van der Waals surface area contributed by atoms with E-state index >= 15 is 0 Å². The van der Waals surface area contributed by atoms with Gasteiger partial charge in [-0.3, -0.25) is 0 Å². The summed E-state index contributed by atoms with van der Waals surface area (Å²) in [7, 11) is 0. The molecule has 1 nitrogen and oxygen atoms in total. The molecule has 94 valence electrons. The minimum atomic E-state index is -0.943. The van der Waals surface area contributed by atoms with Crippen LogP contribution in [0.25, 0.3) is 0 Å². The van der Waals surface area contributed by atoms with Gasteiger partial charge in [-0.15, -0.1) is 0 Å². The molecule has 1 N–H and O–H groups in total. The van der Waals surface area contributed by atoms with Crippen molar-refractivity contribution in [3.63, 3.8) is 0 Å². The molecule has 0 aliphatic rings. The first kappa shape index (κ1) is 13.2. The van der Waals surface area contributed by atoms with E-state index in [1.54, 1.807) is 18.2 Å². The molecule has 0 bridgehead atoms. The van der Waals surface area contributed by atoms with E-state index in [9.17, 15) is 9.50 Å². The van der Waals surface area contributed by atoms with Crippen molar-refractivity contribution in [3.05, 3.63) is 68.9 Å². The molecule has 0 fully saturated rings. The van der Waals surface area contributed by atoms with Crippen LogP contribution in [-0.4, -0.2) is 5.11 Å². The lowest BCUT2D eigenvalue weighted by atomic mass is 9.97. The fourth-order valence-corrected chi connectivity index (χ4v) is 2.23. The molecule has 0 aromatic heterocycles. The van der Waals surface area contributed by atoms with Crippen LogP contribution in [0.3, 0.4) is 0 Å². The highest BCUT2D eigenvalue weighted by atomic mass is 79.9. The molecule has 0 saturated heterocycles. The summed E-state index contributed by atoms with van der Waals surface area (Å²) >= 11 is 3.13. The number of benzene rings is 2. The van der Waals surface area contributed by atoms with Crippen LogP contribution >= 0.6 is 15.9 Å². The van der Waals surface area contributed by atoms with Crippen LogP contribution in [0.5, 0.6) is 0 Å². The first-order chi connectivity index (χ1) is 8.50.